The largest absolute Gasteiger partial charge is 0.368 e. The first-order valence-corrected chi connectivity index (χ1v) is 8.75. The average molecular weight is 354 g/mol. The van der Waals surface area contributed by atoms with Crippen LogP contribution >= 0.6 is 11.6 Å². The third-order valence-electron chi connectivity index (χ3n) is 5.16. The van der Waals surface area contributed by atoms with Crippen LogP contribution in [0.2, 0.25) is 5.15 Å². The highest BCUT2D eigenvalue weighted by molar-refractivity contribution is 6.33. The summed E-state index contributed by atoms with van der Waals surface area (Å²) in [6.45, 7) is 4.45. The molecule has 128 valence electrons. The van der Waals surface area contributed by atoms with Crippen LogP contribution in [0.5, 0.6) is 0 Å². The molecule has 0 bridgehead atoms. The molecule has 4 rings (SSSR count). The van der Waals surface area contributed by atoms with E-state index in [1.54, 1.807) is 0 Å². The zero-order chi connectivity index (χ0) is 17.6. The zero-order valence-electron chi connectivity index (χ0n) is 14.5. The van der Waals surface area contributed by atoms with E-state index in [0.717, 1.165) is 5.65 Å². The first-order valence-electron chi connectivity index (χ1n) is 8.37. The number of imidazole rings is 1. The molecule has 1 aliphatic carbocycles. The van der Waals surface area contributed by atoms with Crippen LogP contribution in [0.15, 0.2) is 54.6 Å². The van der Waals surface area contributed by atoms with Gasteiger partial charge in [-0.2, -0.15) is 0 Å². The van der Waals surface area contributed by atoms with Gasteiger partial charge in [0.15, 0.2) is 10.8 Å². The molecule has 0 saturated heterocycles. The van der Waals surface area contributed by atoms with Crippen LogP contribution in [-0.2, 0) is 0 Å². The van der Waals surface area contributed by atoms with E-state index in [-0.39, 0.29) is 6.04 Å². The molecule has 0 N–H and O–H groups in total. The van der Waals surface area contributed by atoms with Gasteiger partial charge in [0.05, 0.1) is 18.4 Å². The van der Waals surface area contributed by atoms with Crippen molar-refractivity contribution in [1.29, 1.82) is 0 Å². The number of rotatable bonds is 3. The van der Waals surface area contributed by atoms with Crippen LogP contribution in [0.3, 0.4) is 0 Å². The molecule has 6 heteroatoms. The minimum atomic E-state index is 0.201. The van der Waals surface area contributed by atoms with Crippen molar-refractivity contribution >= 4 is 28.5 Å². The molecule has 0 fully saturated rings. The highest BCUT2D eigenvalue weighted by atomic mass is 35.5. The lowest BCUT2D eigenvalue weighted by Gasteiger charge is -2.32. The summed E-state index contributed by atoms with van der Waals surface area (Å²) < 4.78 is 2.12. The molecule has 5 nitrogen and oxygen atoms in total. The number of hydrogen-bond donors (Lipinski definition) is 0. The Balaban J connectivity index is 1.70. The smallest absolute Gasteiger partial charge is 0.165 e. The summed E-state index contributed by atoms with van der Waals surface area (Å²) >= 11 is 6.16. The first kappa shape index (κ1) is 16.1. The number of para-hydroxylation sites is 1. The number of hydrogen-bond acceptors (Lipinski definition) is 4. The fraction of sp³-hybridized carbons (Fsp3) is 0.316. The maximum atomic E-state index is 6.16. The molecule has 0 saturated carbocycles. The lowest BCUT2D eigenvalue weighted by molar-refractivity contribution is 0.400. The van der Waals surface area contributed by atoms with Crippen molar-refractivity contribution in [3.63, 3.8) is 0 Å². The predicted molar refractivity (Wildman–Crippen MR) is 101 cm³/mol. The van der Waals surface area contributed by atoms with Crippen LogP contribution in [-0.4, -0.2) is 32.6 Å². The highest BCUT2D eigenvalue weighted by Gasteiger charge is 2.36. The van der Waals surface area contributed by atoms with Gasteiger partial charge in [-0.25, -0.2) is 15.0 Å². The van der Waals surface area contributed by atoms with Gasteiger partial charge in [0.25, 0.3) is 0 Å². The Bertz CT molecular complexity index is 933. The number of halogens is 1. The number of likely N-dealkylation sites (N-methyl/N-ethyl adjacent to an activating group) is 1. The van der Waals surface area contributed by atoms with E-state index in [1.807, 2.05) is 12.4 Å². The summed E-state index contributed by atoms with van der Waals surface area (Å²) in [6, 6.07) is 11.0. The topological polar surface area (TPSA) is 46.8 Å². The van der Waals surface area contributed by atoms with Gasteiger partial charge in [-0.05, 0) is 19.1 Å². The first-order chi connectivity index (χ1) is 12.1. The molecule has 3 aromatic rings. The number of allylic oxidation sites excluding steroid dienone is 1. The third kappa shape index (κ3) is 2.59. The van der Waals surface area contributed by atoms with Crippen molar-refractivity contribution in [2.75, 3.05) is 11.9 Å². The summed E-state index contributed by atoms with van der Waals surface area (Å²) in [7, 11) is 2.15. The Kier molecular flexibility index (Phi) is 3.96. The van der Waals surface area contributed by atoms with Crippen molar-refractivity contribution in [2.45, 2.75) is 25.9 Å². The van der Waals surface area contributed by atoms with Crippen molar-refractivity contribution < 1.29 is 0 Å². The third-order valence-corrected chi connectivity index (χ3v) is 5.44. The van der Waals surface area contributed by atoms with Gasteiger partial charge in [0.2, 0.25) is 0 Å². The molecule has 0 spiro atoms. The van der Waals surface area contributed by atoms with Crippen LogP contribution in [0.4, 0.5) is 5.69 Å². The minimum Gasteiger partial charge on any atom is -0.368 e. The Labute approximate surface area is 152 Å². The molecule has 25 heavy (non-hydrogen) atoms. The minimum absolute atomic E-state index is 0.201. The van der Waals surface area contributed by atoms with Crippen molar-refractivity contribution in [3.05, 3.63) is 59.8 Å². The second-order valence-corrected chi connectivity index (χ2v) is 7.00. The fourth-order valence-corrected chi connectivity index (χ4v) is 4.10. The predicted octanol–water partition coefficient (Wildman–Crippen LogP) is 4.12. The quantitative estimate of drug-likeness (QED) is 0.525. The monoisotopic (exact) mass is 353 g/mol. The van der Waals surface area contributed by atoms with E-state index in [2.05, 4.69) is 75.7 Å². The summed E-state index contributed by atoms with van der Waals surface area (Å²) in [5.41, 5.74) is 3.97. The zero-order valence-corrected chi connectivity index (χ0v) is 15.2. The second kappa shape index (κ2) is 6.15. The van der Waals surface area contributed by atoms with E-state index in [9.17, 15) is 0 Å². The molecule has 3 atom stereocenters. The van der Waals surface area contributed by atoms with Gasteiger partial charge < -0.3 is 9.47 Å². The van der Waals surface area contributed by atoms with Crippen molar-refractivity contribution in [2.24, 2.45) is 5.92 Å². The molecular formula is C19H20ClN5. The fourth-order valence-electron chi connectivity index (χ4n) is 3.92. The van der Waals surface area contributed by atoms with E-state index >= 15 is 0 Å². The number of anilines is 1. The lowest BCUT2D eigenvalue weighted by Crippen LogP contribution is -2.35. The summed E-state index contributed by atoms with van der Waals surface area (Å²) in [4.78, 5) is 15.2. The summed E-state index contributed by atoms with van der Waals surface area (Å²) in [5.74, 6) is 0.372. The van der Waals surface area contributed by atoms with Crippen LogP contribution in [0.25, 0.3) is 11.2 Å². The van der Waals surface area contributed by atoms with Gasteiger partial charge in [-0.3, -0.25) is 0 Å². The van der Waals surface area contributed by atoms with Crippen molar-refractivity contribution in [1.82, 2.24) is 19.5 Å². The Hall–Kier alpha value is -2.40. The van der Waals surface area contributed by atoms with E-state index < -0.39 is 0 Å². The van der Waals surface area contributed by atoms with E-state index in [0.29, 0.717) is 22.6 Å². The Morgan fingerprint density at radius 1 is 1.12 bits per heavy atom. The molecule has 0 amide bonds. The molecule has 1 aromatic carbocycles. The molecule has 0 unspecified atom stereocenters. The summed E-state index contributed by atoms with van der Waals surface area (Å²) in [5, 5.41) is 0.397. The van der Waals surface area contributed by atoms with Crippen LogP contribution < -0.4 is 4.90 Å². The SMILES string of the molecule is CC1=C[C@@H](N(C)c2ccccc2)[C@H](C)[C@@H]1n1cnc2c(Cl)ncnc21. The Morgan fingerprint density at radius 2 is 1.88 bits per heavy atom. The van der Waals surface area contributed by atoms with E-state index in [1.165, 1.54) is 17.6 Å². The standard InChI is InChI=1S/C19H20ClN5/c1-12-9-15(24(3)14-7-5-4-6-8-14)13(2)17(12)25-11-23-16-18(20)21-10-22-19(16)25/h4-11,13,15,17H,1-3H3/t13-,15+,17+/m0/s1. The van der Waals surface area contributed by atoms with Gasteiger partial charge in [0.1, 0.15) is 11.8 Å². The molecule has 1 aliphatic rings. The van der Waals surface area contributed by atoms with Crippen LogP contribution in [0, 0.1) is 5.92 Å². The average Bonchev–Trinajstić information content (AvgIpc) is 3.17. The second-order valence-electron chi connectivity index (χ2n) is 6.64. The molecule has 0 radical (unpaired) electrons. The number of nitrogens with zero attached hydrogens (tertiary/aromatic N) is 5. The molecule has 0 aliphatic heterocycles. The highest BCUT2D eigenvalue weighted by Crippen LogP contribution is 2.40. The molecule has 2 heterocycles. The summed E-state index contributed by atoms with van der Waals surface area (Å²) in [6.07, 6.45) is 5.67. The Morgan fingerprint density at radius 3 is 2.64 bits per heavy atom. The van der Waals surface area contributed by atoms with Gasteiger partial charge >= 0.3 is 0 Å². The van der Waals surface area contributed by atoms with Crippen molar-refractivity contribution in [3.8, 4) is 0 Å². The maximum Gasteiger partial charge on any atom is 0.165 e. The number of benzene rings is 1. The van der Waals surface area contributed by atoms with Gasteiger partial charge in [0, 0.05) is 18.7 Å². The maximum absolute atomic E-state index is 6.16. The lowest BCUT2D eigenvalue weighted by atomic mass is 9.97. The molecular weight excluding hydrogens is 334 g/mol. The van der Waals surface area contributed by atoms with Crippen LogP contribution in [0.1, 0.15) is 19.9 Å². The van der Waals surface area contributed by atoms with E-state index in [4.69, 9.17) is 11.6 Å². The number of aromatic nitrogens is 4. The molecule has 2 aromatic heterocycles. The normalized spacial score (nSPS) is 23.0. The van der Waals surface area contributed by atoms with Gasteiger partial charge in [-0.15, -0.1) is 0 Å². The van der Waals surface area contributed by atoms with Gasteiger partial charge in [-0.1, -0.05) is 48.4 Å². The number of fused-ring (bicyclic) bond motifs is 1.